The van der Waals surface area contributed by atoms with Gasteiger partial charge in [0.1, 0.15) is 0 Å². The van der Waals surface area contributed by atoms with Crippen LogP contribution in [0, 0.1) is 6.92 Å². The summed E-state index contributed by atoms with van der Waals surface area (Å²) < 4.78 is 1.56. The van der Waals surface area contributed by atoms with Crippen molar-refractivity contribution >= 4 is 6.91 Å². The first-order chi connectivity index (χ1) is 6.29. The third-order valence-corrected chi connectivity index (χ3v) is 2.62. The molecule has 0 atom stereocenters. The van der Waals surface area contributed by atoms with Crippen LogP contribution >= 0.6 is 0 Å². The third-order valence-electron chi connectivity index (χ3n) is 1.71. The van der Waals surface area contributed by atoms with Gasteiger partial charge in [0.05, 0.1) is 0 Å². The molecule has 1 aromatic rings. The minimum absolute atomic E-state index is 0. The predicted octanol–water partition coefficient (Wildman–Crippen LogP) is -3.28. The summed E-state index contributed by atoms with van der Waals surface area (Å²) >= 11 is 1.56. The summed E-state index contributed by atoms with van der Waals surface area (Å²) in [5.41, 5.74) is 1.32. The molecule has 1 heterocycles. The van der Waals surface area contributed by atoms with E-state index in [1.54, 1.807) is 28.0 Å². The van der Waals surface area contributed by atoms with Crippen molar-refractivity contribution in [2.75, 3.05) is 0 Å². The number of hydrogen-bond donors (Lipinski definition) is 0. The van der Waals surface area contributed by atoms with Gasteiger partial charge in [0, 0.05) is 0 Å². The van der Waals surface area contributed by atoms with Gasteiger partial charge >= 0.3 is 96.1 Å². The van der Waals surface area contributed by atoms with E-state index in [2.05, 4.69) is 38.1 Å². The molecule has 15 heavy (non-hydrogen) atoms. The van der Waals surface area contributed by atoms with Crippen molar-refractivity contribution in [2.24, 2.45) is 0 Å². The van der Waals surface area contributed by atoms with Crippen LogP contribution in [-0.2, 0) is 24.7 Å². The van der Waals surface area contributed by atoms with Crippen molar-refractivity contribution < 1.29 is 49.5 Å². The Morgan fingerprint density at radius 1 is 1.27 bits per heavy atom. The molecule has 2 rings (SSSR count). The van der Waals surface area contributed by atoms with E-state index in [0.717, 1.165) is 0 Å². The molecule has 0 saturated heterocycles. The Balaban J connectivity index is 0. The molecule has 0 aromatic carbocycles. The molecule has 1 aliphatic carbocycles. The first-order valence-electron chi connectivity index (χ1n) is 4.38. The molecular formula is C11H12BCl2Zr. The summed E-state index contributed by atoms with van der Waals surface area (Å²) in [7, 11) is 0. The summed E-state index contributed by atoms with van der Waals surface area (Å²) in [6, 6.07) is 6.14. The van der Waals surface area contributed by atoms with Crippen LogP contribution in [0.1, 0.15) is 11.9 Å². The average molecular weight is 317 g/mol. The summed E-state index contributed by atoms with van der Waals surface area (Å²) in [4.78, 5) is 0. The zero-order valence-corrected chi connectivity index (χ0v) is 12.6. The van der Waals surface area contributed by atoms with E-state index in [0.29, 0.717) is 0 Å². The normalized spacial score (nSPS) is 11.3. The van der Waals surface area contributed by atoms with Gasteiger partial charge in [0.15, 0.2) is 0 Å². The van der Waals surface area contributed by atoms with E-state index in [4.69, 9.17) is 0 Å². The summed E-state index contributed by atoms with van der Waals surface area (Å²) in [6.45, 7) is 4.17. The predicted molar refractivity (Wildman–Crippen MR) is 54.4 cm³/mol. The van der Waals surface area contributed by atoms with Crippen LogP contribution in [0.5, 0.6) is 0 Å². The maximum atomic E-state index is 2.18. The average Bonchev–Trinajstić information content (AvgIpc) is 2.58. The second-order valence-corrected chi connectivity index (χ2v) is 4.56. The van der Waals surface area contributed by atoms with E-state index in [1.165, 1.54) is 11.9 Å². The monoisotopic (exact) mass is 315 g/mol. The Morgan fingerprint density at radius 2 is 2.00 bits per heavy atom. The van der Waals surface area contributed by atoms with Gasteiger partial charge in [-0.15, -0.1) is 0 Å². The molecule has 0 aliphatic heterocycles. The van der Waals surface area contributed by atoms with E-state index >= 15 is 0 Å². The fourth-order valence-electron chi connectivity index (χ4n) is 0.982. The number of aryl methyl sites for hydroxylation is 1. The minimum atomic E-state index is 0. The molecule has 4 heteroatoms. The van der Waals surface area contributed by atoms with Crippen molar-refractivity contribution in [3.8, 4) is 0 Å². The van der Waals surface area contributed by atoms with Crippen molar-refractivity contribution in [1.82, 2.24) is 0 Å². The molecule has 1 aliphatic rings. The number of rotatable bonds is 0. The van der Waals surface area contributed by atoms with Crippen molar-refractivity contribution in [3.63, 3.8) is 0 Å². The molecule has 0 bridgehead atoms. The molecule has 77 valence electrons. The van der Waals surface area contributed by atoms with Crippen LogP contribution in [0.4, 0.5) is 0 Å². The first kappa shape index (κ1) is 17.7. The van der Waals surface area contributed by atoms with E-state index in [-0.39, 0.29) is 24.8 Å². The van der Waals surface area contributed by atoms with Crippen LogP contribution in [0.25, 0.3) is 0 Å². The topological polar surface area (TPSA) is 0 Å². The molecular weight excluding hydrogens is 305 g/mol. The molecule has 0 radical (unpaired) electrons. The molecule has 0 unspecified atom stereocenters. The maximum absolute atomic E-state index is 2.18. The van der Waals surface area contributed by atoms with Crippen molar-refractivity contribution in [1.29, 1.82) is 0 Å². The van der Waals surface area contributed by atoms with Crippen LogP contribution in [-0.4, -0.2) is 6.91 Å². The zero-order chi connectivity index (χ0) is 9.52. The molecule has 0 spiro atoms. The van der Waals surface area contributed by atoms with Gasteiger partial charge in [-0.1, -0.05) is 0 Å². The number of allylic oxidation sites excluding steroid dienone is 4. The van der Waals surface area contributed by atoms with Crippen LogP contribution in [0.2, 0.25) is 0 Å². The molecule has 0 nitrogen and oxygen atoms in total. The van der Waals surface area contributed by atoms with Gasteiger partial charge in [0.25, 0.3) is 0 Å². The molecule has 0 amide bonds. The summed E-state index contributed by atoms with van der Waals surface area (Å²) in [5.74, 6) is 2.04. The molecule has 0 fully saturated rings. The standard InChI is InChI=1S/C6H7B.C5H5.2ClH.Zr/c1-6-4-2-3-5-7-6;1-2-4-5-3-1;;;/h2-5H,1H3;1-3H,4H2;2*1H;/q;;;;+2/p-2. The van der Waals surface area contributed by atoms with E-state index in [1.807, 2.05) is 18.1 Å². The van der Waals surface area contributed by atoms with Gasteiger partial charge in [-0.2, -0.15) is 0 Å². The van der Waals surface area contributed by atoms with Crippen LogP contribution in [0.15, 0.2) is 45.7 Å². The fourth-order valence-corrected chi connectivity index (χ4v) is 1.51. The SMILES string of the molecule is Cc1bcccc1.[Cl-].[Cl-].[Zr+2][C]1=CC=CC1. The Hall–Kier alpha value is 0.358. The van der Waals surface area contributed by atoms with E-state index in [9.17, 15) is 0 Å². The Labute approximate surface area is 120 Å². The van der Waals surface area contributed by atoms with E-state index < -0.39 is 0 Å². The second kappa shape index (κ2) is 10.9. The van der Waals surface area contributed by atoms with Gasteiger partial charge < -0.3 is 24.8 Å². The quantitative estimate of drug-likeness (QED) is 0.471. The van der Waals surface area contributed by atoms with Crippen molar-refractivity contribution in [2.45, 2.75) is 13.3 Å². The van der Waals surface area contributed by atoms with Gasteiger partial charge in [-0.25, -0.2) is 0 Å². The van der Waals surface area contributed by atoms with Gasteiger partial charge in [-0.05, 0) is 0 Å². The Kier molecular flexibility index (Phi) is 12.8. The second-order valence-electron chi connectivity index (χ2n) is 2.98. The van der Waals surface area contributed by atoms with Crippen molar-refractivity contribution in [3.05, 3.63) is 51.1 Å². The van der Waals surface area contributed by atoms with Crippen LogP contribution < -0.4 is 24.8 Å². The summed E-state index contributed by atoms with van der Waals surface area (Å²) in [6.07, 6.45) is 7.69. The van der Waals surface area contributed by atoms with Crippen LogP contribution in [0.3, 0.4) is 0 Å². The fraction of sp³-hybridized carbons (Fsp3) is 0.182. The summed E-state index contributed by atoms with van der Waals surface area (Å²) in [5, 5.41) is 0. The third kappa shape index (κ3) is 9.30. The van der Waals surface area contributed by atoms with Gasteiger partial charge in [0.2, 0.25) is 0 Å². The van der Waals surface area contributed by atoms with Gasteiger partial charge in [-0.3, -0.25) is 0 Å². The Bertz CT molecular complexity index is 310. The molecule has 1 aromatic heterocycles. The molecule has 0 N–H and O–H groups in total. The zero-order valence-electron chi connectivity index (χ0n) is 8.58. The number of hydrogen-bond acceptors (Lipinski definition) is 0. The number of halogens is 2. The first-order valence-corrected chi connectivity index (χ1v) is 5.61. The Morgan fingerprint density at radius 3 is 2.20 bits per heavy atom. The molecule has 0 saturated carbocycles.